The topological polar surface area (TPSA) is 112 Å². The first-order valence-corrected chi connectivity index (χ1v) is 9.79. The zero-order valence-corrected chi connectivity index (χ0v) is 15.4. The van der Waals surface area contributed by atoms with Gasteiger partial charge in [-0.05, 0) is 41.9 Å². The normalized spacial score (nSPS) is 11.3. The third kappa shape index (κ3) is 3.88. The predicted octanol–water partition coefficient (Wildman–Crippen LogP) is 3.23. The average Bonchev–Trinajstić information content (AvgIpc) is 3.07. The van der Waals surface area contributed by atoms with E-state index in [2.05, 4.69) is 5.10 Å². The molecule has 3 aromatic rings. The molecule has 3 rings (SSSR count). The van der Waals surface area contributed by atoms with Crippen molar-refractivity contribution in [2.24, 2.45) is 0 Å². The number of sulfone groups is 1. The van der Waals surface area contributed by atoms with E-state index in [1.54, 1.807) is 12.1 Å². The molecule has 0 bridgehead atoms. The SMILES string of the molecule is CS(=O)(=O)c1ccc(-c2cc(C(=O)Cl)nn2-c2ccc([N+](=O)[O-])cc2)cc1. The predicted molar refractivity (Wildman–Crippen MR) is 98.9 cm³/mol. The zero-order valence-electron chi connectivity index (χ0n) is 13.9. The summed E-state index contributed by atoms with van der Waals surface area (Å²) in [5.74, 6) is 0. The first-order valence-electron chi connectivity index (χ1n) is 7.52. The Bertz CT molecular complexity index is 1140. The first kappa shape index (κ1) is 18.7. The highest BCUT2D eigenvalue weighted by Gasteiger charge is 2.17. The molecule has 0 amide bonds. The summed E-state index contributed by atoms with van der Waals surface area (Å²) in [7, 11) is -3.35. The first-order chi connectivity index (χ1) is 12.7. The molecule has 8 nitrogen and oxygen atoms in total. The number of hydrogen-bond acceptors (Lipinski definition) is 6. The van der Waals surface area contributed by atoms with Gasteiger partial charge in [-0.3, -0.25) is 14.9 Å². The van der Waals surface area contributed by atoms with Gasteiger partial charge in [-0.1, -0.05) is 12.1 Å². The Hall–Kier alpha value is -3.04. The van der Waals surface area contributed by atoms with Crippen molar-refractivity contribution >= 4 is 32.4 Å². The van der Waals surface area contributed by atoms with Gasteiger partial charge < -0.3 is 0 Å². The molecule has 0 aliphatic rings. The molecule has 0 radical (unpaired) electrons. The fraction of sp³-hybridized carbons (Fsp3) is 0.0588. The lowest BCUT2D eigenvalue weighted by Gasteiger charge is -2.08. The quantitative estimate of drug-likeness (QED) is 0.366. The summed E-state index contributed by atoms with van der Waals surface area (Å²) >= 11 is 5.53. The summed E-state index contributed by atoms with van der Waals surface area (Å²) in [6.07, 6.45) is 1.10. The average molecular weight is 406 g/mol. The van der Waals surface area contributed by atoms with E-state index in [1.807, 2.05) is 0 Å². The lowest BCUT2D eigenvalue weighted by molar-refractivity contribution is -0.384. The van der Waals surface area contributed by atoms with Crippen LogP contribution in [0.1, 0.15) is 10.5 Å². The fourth-order valence-electron chi connectivity index (χ4n) is 2.47. The second-order valence-corrected chi connectivity index (χ2v) is 8.03. The summed E-state index contributed by atoms with van der Waals surface area (Å²) in [5.41, 5.74) is 1.47. The largest absolute Gasteiger partial charge is 0.274 e. The monoisotopic (exact) mass is 405 g/mol. The Morgan fingerprint density at radius 3 is 2.19 bits per heavy atom. The molecule has 27 heavy (non-hydrogen) atoms. The summed E-state index contributed by atoms with van der Waals surface area (Å²) < 4.78 is 24.6. The lowest BCUT2D eigenvalue weighted by atomic mass is 10.1. The van der Waals surface area contributed by atoms with Gasteiger partial charge in [-0.25, -0.2) is 13.1 Å². The second kappa shape index (κ2) is 6.93. The van der Waals surface area contributed by atoms with Gasteiger partial charge in [0.25, 0.3) is 10.9 Å². The molecule has 0 unspecified atom stereocenters. The van der Waals surface area contributed by atoms with Gasteiger partial charge in [0.15, 0.2) is 9.84 Å². The standard InChI is InChI=1S/C17H12ClN3O5S/c1-27(25,26)14-8-2-11(3-9-14)16-10-15(17(18)22)19-20(16)12-4-6-13(7-5-12)21(23)24/h2-10H,1H3. The Kier molecular flexibility index (Phi) is 4.81. The van der Waals surface area contributed by atoms with Gasteiger partial charge in [0.05, 0.1) is 21.2 Å². The van der Waals surface area contributed by atoms with E-state index in [4.69, 9.17) is 11.6 Å². The van der Waals surface area contributed by atoms with Crippen molar-refractivity contribution in [1.29, 1.82) is 0 Å². The molecule has 1 heterocycles. The van der Waals surface area contributed by atoms with Crippen LogP contribution in [0.15, 0.2) is 59.5 Å². The summed E-state index contributed by atoms with van der Waals surface area (Å²) in [4.78, 5) is 22.0. The highest BCUT2D eigenvalue weighted by Crippen LogP contribution is 2.27. The smallest absolute Gasteiger partial charge is 0.272 e. The number of benzene rings is 2. The lowest BCUT2D eigenvalue weighted by Crippen LogP contribution is -2.01. The molecule has 0 saturated carbocycles. The van der Waals surface area contributed by atoms with Crippen LogP contribution in [0.3, 0.4) is 0 Å². The molecule has 0 fully saturated rings. The zero-order chi connectivity index (χ0) is 19.8. The maximum absolute atomic E-state index is 11.6. The van der Waals surface area contributed by atoms with Crippen LogP contribution in [0.25, 0.3) is 16.9 Å². The van der Waals surface area contributed by atoms with Crippen molar-refractivity contribution < 1.29 is 18.1 Å². The summed E-state index contributed by atoms with van der Waals surface area (Å²) in [6, 6.07) is 13.1. The fourth-order valence-corrected chi connectivity index (χ4v) is 3.19. The van der Waals surface area contributed by atoms with E-state index in [9.17, 15) is 23.3 Å². The third-order valence-electron chi connectivity index (χ3n) is 3.79. The number of nitrogens with zero attached hydrogens (tertiary/aromatic N) is 3. The molecule has 0 atom stereocenters. The second-order valence-electron chi connectivity index (χ2n) is 5.67. The molecule has 2 aromatic carbocycles. The van der Waals surface area contributed by atoms with Crippen LogP contribution in [0.4, 0.5) is 5.69 Å². The van der Waals surface area contributed by atoms with Crippen LogP contribution in [0, 0.1) is 10.1 Å². The highest BCUT2D eigenvalue weighted by molar-refractivity contribution is 7.90. The Morgan fingerprint density at radius 1 is 1.11 bits per heavy atom. The Balaban J connectivity index is 2.12. The number of nitro groups is 1. The van der Waals surface area contributed by atoms with Crippen molar-refractivity contribution in [3.8, 4) is 16.9 Å². The van der Waals surface area contributed by atoms with Gasteiger partial charge in [0.2, 0.25) is 0 Å². The minimum atomic E-state index is -3.35. The number of hydrogen-bond donors (Lipinski definition) is 0. The van der Waals surface area contributed by atoms with Gasteiger partial charge in [0, 0.05) is 24.0 Å². The Morgan fingerprint density at radius 2 is 1.70 bits per heavy atom. The van der Waals surface area contributed by atoms with Crippen molar-refractivity contribution in [2.45, 2.75) is 4.90 Å². The van der Waals surface area contributed by atoms with E-state index in [1.165, 1.54) is 47.1 Å². The number of nitro benzene ring substituents is 1. The van der Waals surface area contributed by atoms with Crippen molar-refractivity contribution in [3.05, 3.63) is 70.4 Å². The van der Waals surface area contributed by atoms with Crippen LogP contribution in [0.2, 0.25) is 0 Å². The van der Waals surface area contributed by atoms with Gasteiger partial charge >= 0.3 is 0 Å². The van der Waals surface area contributed by atoms with E-state index < -0.39 is 20.0 Å². The molecule has 0 spiro atoms. The van der Waals surface area contributed by atoms with Crippen LogP contribution in [-0.4, -0.2) is 34.6 Å². The number of halogens is 1. The third-order valence-corrected chi connectivity index (χ3v) is 5.12. The van der Waals surface area contributed by atoms with Crippen molar-refractivity contribution in [1.82, 2.24) is 9.78 Å². The van der Waals surface area contributed by atoms with E-state index in [-0.39, 0.29) is 16.3 Å². The van der Waals surface area contributed by atoms with Gasteiger partial charge in [0.1, 0.15) is 5.69 Å². The number of aromatic nitrogens is 2. The molecular formula is C17H12ClN3O5S. The minimum absolute atomic E-state index is 0.00258. The van der Waals surface area contributed by atoms with Gasteiger partial charge in [-0.2, -0.15) is 5.10 Å². The van der Waals surface area contributed by atoms with Crippen LogP contribution >= 0.6 is 11.6 Å². The molecule has 0 N–H and O–H groups in total. The number of carbonyl (C=O) groups is 1. The number of rotatable bonds is 5. The summed E-state index contributed by atoms with van der Waals surface area (Å²) in [5, 5.41) is 14.2. The summed E-state index contributed by atoms with van der Waals surface area (Å²) in [6.45, 7) is 0. The highest BCUT2D eigenvalue weighted by atomic mass is 35.5. The van der Waals surface area contributed by atoms with Crippen LogP contribution in [-0.2, 0) is 9.84 Å². The molecular weight excluding hydrogens is 394 g/mol. The molecule has 0 aliphatic carbocycles. The van der Waals surface area contributed by atoms with Crippen LogP contribution < -0.4 is 0 Å². The molecule has 10 heteroatoms. The molecule has 1 aromatic heterocycles. The van der Waals surface area contributed by atoms with Gasteiger partial charge in [-0.15, -0.1) is 0 Å². The molecule has 0 saturated heterocycles. The minimum Gasteiger partial charge on any atom is -0.274 e. The number of non-ortho nitro benzene ring substituents is 1. The van der Waals surface area contributed by atoms with E-state index >= 15 is 0 Å². The molecule has 138 valence electrons. The Labute approximate surface area is 159 Å². The maximum Gasteiger partial charge on any atom is 0.272 e. The van der Waals surface area contributed by atoms with E-state index in [0.717, 1.165) is 6.26 Å². The molecule has 0 aliphatic heterocycles. The van der Waals surface area contributed by atoms with E-state index in [0.29, 0.717) is 16.9 Å². The number of carbonyl (C=O) groups excluding carboxylic acids is 1. The van der Waals surface area contributed by atoms with Crippen molar-refractivity contribution in [2.75, 3.05) is 6.26 Å². The van der Waals surface area contributed by atoms with Crippen molar-refractivity contribution in [3.63, 3.8) is 0 Å². The van der Waals surface area contributed by atoms with Crippen LogP contribution in [0.5, 0.6) is 0 Å². The maximum atomic E-state index is 11.6.